The molecule has 0 aromatic rings. The van der Waals surface area contributed by atoms with Crippen molar-refractivity contribution >= 4 is 0 Å². The van der Waals surface area contributed by atoms with Crippen LogP contribution in [0.1, 0.15) is 46.5 Å². The van der Waals surface area contributed by atoms with E-state index in [1.165, 1.54) is 12.8 Å². The maximum atomic E-state index is 10.4. The topological polar surface area (TPSA) is 35.5 Å². The molecule has 1 rings (SSSR count). The molecule has 16 heavy (non-hydrogen) atoms. The van der Waals surface area contributed by atoms with Gasteiger partial charge in [-0.3, -0.25) is 4.90 Å². The Morgan fingerprint density at radius 2 is 2.00 bits per heavy atom. The van der Waals surface area contributed by atoms with E-state index in [1.807, 2.05) is 0 Å². The standard InChI is InChI=1S/C13H28N2O/c1-4-9-15(12-7-8-14-10-12)11-13(16,5-2)6-3/h12,14,16H,4-11H2,1-3H3. The summed E-state index contributed by atoms with van der Waals surface area (Å²) in [6.45, 7) is 10.5. The summed E-state index contributed by atoms with van der Waals surface area (Å²) in [5, 5.41) is 13.8. The van der Waals surface area contributed by atoms with Crippen molar-refractivity contribution in [3.63, 3.8) is 0 Å². The summed E-state index contributed by atoms with van der Waals surface area (Å²) in [5.41, 5.74) is -0.488. The Bertz CT molecular complexity index is 186. The smallest absolute Gasteiger partial charge is 0.0769 e. The molecule has 2 N–H and O–H groups in total. The monoisotopic (exact) mass is 228 g/mol. The van der Waals surface area contributed by atoms with E-state index in [0.717, 1.165) is 39.0 Å². The number of hydrogen-bond donors (Lipinski definition) is 2. The summed E-state index contributed by atoms with van der Waals surface area (Å²) in [5.74, 6) is 0. The van der Waals surface area contributed by atoms with Crippen LogP contribution in [0.2, 0.25) is 0 Å². The molecule has 1 unspecified atom stereocenters. The molecular weight excluding hydrogens is 200 g/mol. The van der Waals surface area contributed by atoms with Crippen LogP contribution in [0.4, 0.5) is 0 Å². The predicted molar refractivity (Wildman–Crippen MR) is 68.7 cm³/mol. The van der Waals surface area contributed by atoms with Crippen LogP contribution in [0.25, 0.3) is 0 Å². The zero-order valence-corrected chi connectivity index (χ0v) is 11.1. The molecule has 1 heterocycles. The Morgan fingerprint density at radius 3 is 2.44 bits per heavy atom. The van der Waals surface area contributed by atoms with Crippen molar-refractivity contribution in [2.24, 2.45) is 0 Å². The lowest BCUT2D eigenvalue weighted by atomic mass is 9.96. The second-order valence-electron chi connectivity index (χ2n) is 5.05. The van der Waals surface area contributed by atoms with E-state index in [9.17, 15) is 5.11 Å². The van der Waals surface area contributed by atoms with Crippen LogP contribution < -0.4 is 5.32 Å². The van der Waals surface area contributed by atoms with Gasteiger partial charge < -0.3 is 10.4 Å². The molecule has 1 atom stereocenters. The van der Waals surface area contributed by atoms with Crippen molar-refractivity contribution in [1.29, 1.82) is 0 Å². The first kappa shape index (κ1) is 13.9. The van der Waals surface area contributed by atoms with Crippen LogP contribution >= 0.6 is 0 Å². The minimum absolute atomic E-state index is 0.488. The maximum absolute atomic E-state index is 10.4. The van der Waals surface area contributed by atoms with E-state index in [4.69, 9.17) is 0 Å². The fraction of sp³-hybridized carbons (Fsp3) is 1.00. The SMILES string of the molecule is CCCN(CC(O)(CC)CC)C1CCNC1. The highest BCUT2D eigenvalue weighted by Crippen LogP contribution is 2.20. The number of nitrogens with one attached hydrogen (secondary N) is 1. The van der Waals surface area contributed by atoms with Crippen molar-refractivity contribution in [2.45, 2.75) is 58.1 Å². The molecule has 0 bridgehead atoms. The second-order valence-corrected chi connectivity index (χ2v) is 5.05. The first-order valence-electron chi connectivity index (χ1n) is 6.82. The van der Waals surface area contributed by atoms with E-state index in [2.05, 4.69) is 31.0 Å². The van der Waals surface area contributed by atoms with Gasteiger partial charge in [-0.2, -0.15) is 0 Å². The molecule has 0 radical (unpaired) electrons. The van der Waals surface area contributed by atoms with E-state index in [1.54, 1.807) is 0 Å². The molecule has 0 amide bonds. The number of hydrogen-bond acceptors (Lipinski definition) is 3. The van der Waals surface area contributed by atoms with Crippen molar-refractivity contribution in [3.8, 4) is 0 Å². The number of aliphatic hydroxyl groups is 1. The molecule has 96 valence electrons. The van der Waals surface area contributed by atoms with Crippen molar-refractivity contribution in [2.75, 3.05) is 26.2 Å². The van der Waals surface area contributed by atoms with Crippen molar-refractivity contribution in [1.82, 2.24) is 10.2 Å². The highest BCUT2D eigenvalue weighted by atomic mass is 16.3. The third-order valence-electron chi connectivity index (χ3n) is 3.88. The zero-order chi connectivity index (χ0) is 12.0. The molecule has 1 fully saturated rings. The highest BCUT2D eigenvalue weighted by Gasteiger charge is 2.30. The van der Waals surface area contributed by atoms with Gasteiger partial charge in [0.25, 0.3) is 0 Å². The van der Waals surface area contributed by atoms with Crippen LogP contribution in [0.5, 0.6) is 0 Å². The van der Waals surface area contributed by atoms with E-state index < -0.39 is 5.60 Å². The van der Waals surface area contributed by atoms with Gasteiger partial charge in [-0.1, -0.05) is 20.8 Å². The van der Waals surface area contributed by atoms with Crippen molar-refractivity contribution < 1.29 is 5.11 Å². The molecule has 0 saturated carbocycles. The first-order chi connectivity index (χ1) is 7.65. The average molecular weight is 228 g/mol. The van der Waals surface area contributed by atoms with Gasteiger partial charge in [0.1, 0.15) is 0 Å². The molecular formula is C13H28N2O. The molecule has 1 saturated heterocycles. The van der Waals surface area contributed by atoms with Gasteiger partial charge in [0.15, 0.2) is 0 Å². The van der Waals surface area contributed by atoms with Gasteiger partial charge in [-0.15, -0.1) is 0 Å². The Morgan fingerprint density at radius 1 is 1.31 bits per heavy atom. The van der Waals surface area contributed by atoms with Gasteiger partial charge in [0, 0.05) is 19.1 Å². The molecule has 3 heteroatoms. The largest absolute Gasteiger partial charge is 0.389 e. The predicted octanol–water partition coefficient (Wildman–Crippen LogP) is 1.61. The normalized spacial score (nSPS) is 21.9. The van der Waals surface area contributed by atoms with Crippen LogP contribution in [0.15, 0.2) is 0 Å². The summed E-state index contributed by atoms with van der Waals surface area (Å²) in [6, 6.07) is 0.629. The van der Waals surface area contributed by atoms with Crippen molar-refractivity contribution in [3.05, 3.63) is 0 Å². The lowest BCUT2D eigenvalue weighted by Gasteiger charge is -2.36. The maximum Gasteiger partial charge on any atom is 0.0769 e. The van der Waals surface area contributed by atoms with Gasteiger partial charge in [-0.05, 0) is 38.8 Å². The first-order valence-corrected chi connectivity index (χ1v) is 6.82. The van der Waals surface area contributed by atoms with E-state index in [-0.39, 0.29) is 0 Å². The molecule has 3 nitrogen and oxygen atoms in total. The fourth-order valence-electron chi connectivity index (χ4n) is 2.48. The van der Waals surface area contributed by atoms with Crippen LogP contribution in [-0.2, 0) is 0 Å². The molecule has 0 aromatic heterocycles. The van der Waals surface area contributed by atoms with E-state index >= 15 is 0 Å². The minimum Gasteiger partial charge on any atom is -0.389 e. The fourth-order valence-corrected chi connectivity index (χ4v) is 2.48. The molecule has 0 aromatic carbocycles. The Kier molecular flexibility index (Phi) is 5.73. The third-order valence-corrected chi connectivity index (χ3v) is 3.88. The Balaban J connectivity index is 2.55. The van der Waals surface area contributed by atoms with Gasteiger partial charge in [0.2, 0.25) is 0 Å². The highest BCUT2D eigenvalue weighted by molar-refractivity contribution is 4.86. The summed E-state index contributed by atoms with van der Waals surface area (Å²) >= 11 is 0. The Hall–Kier alpha value is -0.120. The summed E-state index contributed by atoms with van der Waals surface area (Å²) in [6.07, 6.45) is 4.09. The van der Waals surface area contributed by atoms with Crippen LogP contribution in [0, 0.1) is 0 Å². The third kappa shape index (κ3) is 3.72. The molecule has 0 spiro atoms. The quantitative estimate of drug-likeness (QED) is 0.695. The molecule has 1 aliphatic heterocycles. The number of rotatable bonds is 7. The zero-order valence-electron chi connectivity index (χ0n) is 11.1. The second kappa shape index (κ2) is 6.58. The lowest BCUT2D eigenvalue weighted by molar-refractivity contribution is -0.0131. The molecule has 0 aliphatic carbocycles. The average Bonchev–Trinajstić information content (AvgIpc) is 2.82. The summed E-state index contributed by atoms with van der Waals surface area (Å²) < 4.78 is 0. The van der Waals surface area contributed by atoms with Gasteiger partial charge in [0.05, 0.1) is 5.60 Å². The molecule has 1 aliphatic rings. The minimum atomic E-state index is -0.488. The van der Waals surface area contributed by atoms with Gasteiger partial charge in [-0.25, -0.2) is 0 Å². The number of nitrogens with zero attached hydrogens (tertiary/aromatic N) is 1. The Labute approximate surface area is 100 Å². The van der Waals surface area contributed by atoms with Crippen LogP contribution in [-0.4, -0.2) is 47.8 Å². The van der Waals surface area contributed by atoms with Gasteiger partial charge >= 0.3 is 0 Å². The van der Waals surface area contributed by atoms with Crippen LogP contribution in [0.3, 0.4) is 0 Å². The summed E-state index contributed by atoms with van der Waals surface area (Å²) in [7, 11) is 0. The summed E-state index contributed by atoms with van der Waals surface area (Å²) in [4.78, 5) is 2.48. The van der Waals surface area contributed by atoms with E-state index in [0.29, 0.717) is 6.04 Å². The lowest BCUT2D eigenvalue weighted by Crippen LogP contribution is -2.48.